The van der Waals surface area contributed by atoms with E-state index in [4.69, 9.17) is 0 Å². The zero-order valence-electron chi connectivity index (χ0n) is 11.7. The molecule has 2 aromatic rings. The molecule has 0 aliphatic heterocycles. The van der Waals surface area contributed by atoms with Gasteiger partial charge in [0.25, 0.3) is 0 Å². The Labute approximate surface area is 128 Å². The van der Waals surface area contributed by atoms with Crippen molar-refractivity contribution >= 4 is 15.9 Å². The summed E-state index contributed by atoms with van der Waals surface area (Å²) in [5.41, 5.74) is 2.27. The monoisotopic (exact) mass is 335 g/mol. The number of rotatable bonds is 5. The predicted molar refractivity (Wildman–Crippen MR) is 85.3 cm³/mol. The van der Waals surface area contributed by atoms with Gasteiger partial charge in [0.05, 0.1) is 0 Å². The average Bonchev–Trinajstić information content (AvgIpc) is 2.41. The van der Waals surface area contributed by atoms with Crippen molar-refractivity contribution in [1.82, 2.24) is 5.32 Å². The van der Waals surface area contributed by atoms with Gasteiger partial charge >= 0.3 is 0 Å². The van der Waals surface area contributed by atoms with Crippen molar-refractivity contribution in [3.63, 3.8) is 0 Å². The predicted octanol–water partition coefficient (Wildman–Crippen LogP) is 4.87. The van der Waals surface area contributed by atoms with E-state index in [1.807, 2.05) is 6.07 Å². The molecule has 2 rings (SSSR count). The van der Waals surface area contributed by atoms with Crippen molar-refractivity contribution in [2.75, 3.05) is 0 Å². The molecule has 0 bridgehead atoms. The first-order chi connectivity index (χ1) is 9.54. The highest BCUT2D eigenvalue weighted by atomic mass is 79.9. The molecule has 0 aliphatic rings. The molecule has 0 aliphatic carbocycles. The second kappa shape index (κ2) is 7.00. The van der Waals surface area contributed by atoms with Gasteiger partial charge in [0, 0.05) is 16.6 Å². The fourth-order valence-corrected chi connectivity index (χ4v) is 2.60. The van der Waals surface area contributed by atoms with Crippen LogP contribution in [0.1, 0.15) is 31.0 Å². The minimum Gasteiger partial charge on any atom is -0.307 e. The van der Waals surface area contributed by atoms with Gasteiger partial charge in [0.1, 0.15) is 5.82 Å². The molecular formula is C17H19BrFN. The third-order valence-electron chi connectivity index (χ3n) is 3.34. The van der Waals surface area contributed by atoms with Crippen LogP contribution in [0.2, 0.25) is 0 Å². The SMILES string of the molecule is CC(Cc1ccc(Br)cc1)N[C@H](C)c1cccc(F)c1. The van der Waals surface area contributed by atoms with Crippen molar-refractivity contribution < 1.29 is 4.39 Å². The van der Waals surface area contributed by atoms with E-state index >= 15 is 0 Å². The molecule has 1 unspecified atom stereocenters. The van der Waals surface area contributed by atoms with Crippen molar-refractivity contribution in [1.29, 1.82) is 0 Å². The minimum absolute atomic E-state index is 0.135. The maximum absolute atomic E-state index is 13.2. The highest BCUT2D eigenvalue weighted by Crippen LogP contribution is 2.16. The number of hydrogen-bond donors (Lipinski definition) is 1. The van der Waals surface area contributed by atoms with E-state index in [9.17, 15) is 4.39 Å². The molecule has 20 heavy (non-hydrogen) atoms. The van der Waals surface area contributed by atoms with Crippen LogP contribution in [0.25, 0.3) is 0 Å². The van der Waals surface area contributed by atoms with Crippen LogP contribution in [0.15, 0.2) is 53.0 Å². The van der Waals surface area contributed by atoms with Crippen LogP contribution in [-0.4, -0.2) is 6.04 Å². The molecule has 0 radical (unpaired) electrons. The van der Waals surface area contributed by atoms with Gasteiger partial charge in [-0.1, -0.05) is 40.2 Å². The molecule has 2 atom stereocenters. The quantitative estimate of drug-likeness (QED) is 0.821. The minimum atomic E-state index is -0.184. The Morgan fingerprint density at radius 2 is 1.80 bits per heavy atom. The van der Waals surface area contributed by atoms with Crippen LogP contribution in [0.4, 0.5) is 4.39 Å². The summed E-state index contributed by atoms with van der Waals surface area (Å²) in [5, 5.41) is 3.51. The molecule has 2 aromatic carbocycles. The van der Waals surface area contributed by atoms with Gasteiger partial charge in [0.2, 0.25) is 0 Å². The lowest BCUT2D eigenvalue weighted by atomic mass is 10.0. The lowest BCUT2D eigenvalue weighted by Crippen LogP contribution is -2.30. The fourth-order valence-electron chi connectivity index (χ4n) is 2.33. The standard InChI is InChI=1S/C17H19BrFN/c1-12(10-14-6-8-16(18)9-7-14)20-13(2)15-4-3-5-17(19)11-15/h3-9,11-13,20H,10H2,1-2H3/t12?,13-/m1/s1. The summed E-state index contributed by atoms with van der Waals surface area (Å²) < 4.78 is 14.3. The van der Waals surface area contributed by atoms with Crippen LogP contribution in [0.5, 0.6) is 0 Å². The van der Waals surface area contributed by atoms with Crippen LogP contribution < -0.4 is 5.32 Å². The van der Waals surface area contributed by atoms with Crippen molar-refractivity contribution in [3.05, 3.63) is 69.9 Å². The highest BCUT2D eigenvalue weighted by Gasteiger charge is 2.10. The van der Waals surface area contributed by atoms with Crippen LogP contribution in [0, 0.1) is 5.82 Å². The zero-order valence-corrected chi connectivity index (χ0v) is 13.3. The van der Waals surface area contributed by atoms with E-state index in [1.165, 1.54) is 11.6 Å². The summed E-state index contributed by atoms with van der Waals surface area (Å²) >= 11 is 3.44. The summed E-state index contributed by atoms with van der Waals surface area (Å²) in [4.78, 5) is 0. The molecule has 106 valence electrons. The van der Waals surface area contributed by atoms with E-state index in [1.54, 1.807) is 12.1 Å². The molecule has 0 spiro atoms. The van der Waals surface area contributed by atoms with E-state index < -0.39 is 0 Å². The molecule has 0 amide bonds. The number of hydrogen-bond acceptors (Lipinski definition) is 1. The molecule has 1 nitrogen and oxygen atoms in total. The third-order valence-corrected chi connectivity index (χ3v) is 3.87. The second-order valence-corrected chi connectivity index (χ2v) is 6.09. The van der Waals surface area contributed by atoms with Gasteiger partial charge in [-0.15, -0.1) is 0 Å². The Morgan fingerprint density at radius 1 is 1.10 bits per heavy atom. The molecule has 0 fully saturated rings. The smallest absolute Gasteiger partial charge is 0.123 e. The average molecular weight is 336 g/mol. The summed E-state index contributed by atoms with van der Waals surface area (Å²) in [5.74, 6) is -0.184. The molecule has 0 heterocycles. The molecule has 0 saturated heterocycles. The van der Waals surface area contributed by atoms with Gasteiger partial charge in [0.15, 0.2) is 0 Å². The van der Waals surface area contributed by atoms with E-state index in [0.717, 1.165) is 16.5 Å². The Kier molecular flexibility index (Phi) is 5.32. The van der Waals surface area contributed by atoms with Crippen molar-refractivity contribution in [2.24, 2.45) is 0 Å². The number of halogens is 2. The Hall–Kier alpha value is -1.19. The summed E-state index contributed by atoms with van der Waals surface area (Å²) in [6.07, 6.45) is 0.951. The third kappa shape index (κ3) is 4.43. The van der Waals surface area contributed by atoms with Gasteiger partial charge in [-0.05, 0) is 55.7 Å². The zero-order chi connectivity index (χ0) is 14.5. The maximum Gasteiger partial charge on any atom is 0.123 e. The lowest BCUT2D eigenvalue weighted by molar-refractivity contribution is 0.475. The van der Waals surface area contributed by atoms with E-state index in [2.05, 4.69) is 59.4 Å². The second-order valence-electron chi connectivity index (χ2n) is 5.17. The van der Waals surface area contributed by atoms with E-state index in [0.29, 0.717) is 6.04 Å². The number of nitrogens with one attached hydrogen (secondary N) is 1. The summed E-state index contributed by atoms with van der Waals surface area (Å²) in [6.45, 7) is 4.21. The maximum atomic E-state index is 13.2. The van der Waals surface area contributed by atoms with Gasteiger partial charge in [-0.3, -0.25) is 0 Å². The molecule has 0 saturated carbocycles. The lowest BCUT2D eigenvalue weighted by Gasteiger charge is -2.20. The Morgan fingerprint density at radius 3 is 2.45 bits per heavy atom. The summed E-state index contributed by atoms with van der Waals surface area (Å²) in [7, 11) is 0. The first-order valence-corrected chi connectivity index (χ1v) is 7.60. The van der Waals surface area contributed by atoms with Crippen molar-refractivity contribution in [2.45, 2.75) is 32.4 Å². The highest BCUT2D eigenvalue weighted by molar-refractivity contribution is 9.10. The normalized spacial score (nSPS) is 14.0. The van der Waals surface area contributed by atoms with Crippen LogP contribution in [-0.2, 0) is 6.42 Å². The molecule has 1 N–H and O–H groups in total. The first kappa shape index (κ1) is 15.2. The molecular weight excluding hydrogens is 317 g/mol. The van der Waals surface area contributed by atoms with Crippen LogP contribution >= 0.6 is 15.9 Å². The molecule has 3 heteroatoms. The largest absolute Gasteiger partial charge is 0.307 e. The van der Waals surface area contributed by atoms with Gasteiger partial charge in [-0.25, -0.2) is 4.39 Å². The van der Waals surface area contributed by atoms with E-state index in [-0.39, 0.29) is 11.9 Å². The topological polar surface area (TPSA) is 12.0 Å². The fraction of sp³-hybridized carbons (Fsp3) is 0.294. The number of benzene rings is 2. The Bertz CT molecular complexity index is 553. The first-order valence-electron chi connectivity index (χ1n) is 6.80. The van der Waals surface area contributed by atoms with Crippen molar-refractivity contribution in [3.8, 4) is 0 Å². The molecule has 0 aromatic heterocycles. The van der Waals surface area contributed by atoms with Gasteiger partial charge < -0.3 is 5.32 Å². The van der Waals surface area contributed by atoms with Crippen LogP contribution in [0.3, 0.4) is 0 Å². The summed E-state index contributed by atoms with van der Waals surface area (Å²) in [6, 6.07) is 15.6. The van der Waals surface area contributed by atoms with Gasteiger partial charge in [-0.2, -0.15) is 0 Å². The Balaban J connectivity index is 1.93.